The molecular weight excluding hydrogens is 324 g/mol. The fraction of sp³-hybridized carbons (Fsp3) is 0.429. The zero-order chi connectivity index (χ0) is 15.1. The summed E-state index contributed by atoms with van der Waals surface area (Å²) < 4.78 is 0.554. The lowest BCUT2D eigenvalue weighted by atomic mass is 10.2. The maximum absolute atomic E-state index is 12.2. The van der Waals surface area contributed by atoms with Gasteiger partial charge in [0.15, 0.2) is 0 Å². The Morgan fingerprint density at radius 2 is 1.85 bits per heavy atom. The zero-order valence-corrected chi connectivity index (χ0v) is 13.2. The number of anilines is 1. The van der Waals surface area contributed by atoms with Crippen LogP contribution in [0, 0.1) is 0 Å². The van der Waals surface area contributed by atoms with Crippen molar-refractivity contribution in [2.24, 2.45) is 0 Å². The van der Waals surface area contributed by atoms with Gasteiger partial charge in [0, 0.05) is 17.6 Å². The van der Waals surface area contributed by atoms with Gasteiger partial charge in [0.2, 0.25) is 0 Å². The smallest absolute Gasteiger partial charge is 0.337 e. The SMILES string of the molecule is CCCN(CCC)C(=O)Nc1c(Br)cccc1C(=O)O. The number of carbonyl (C=O) groups is 2. The minimum absolute atomic E-state index is 0.0701. The number of carboxylic acids is 1. The lowest BCUT2D eigenvalue weighted by molar-refractivity contribution is 0.0698. The van der Waals surface area contributed by atoms with E-state index in [4.69, 9.17) is 5.11 Å². The maximum atomic E-state index is 12.2. The molecule has 0 radical (unpaired) electrons. The minimum Gasteiger partial charge on any atom is -0.478 e. The van der Waals surface area contributed by atoms with Gasteiger partial charge in [0.25, 0.3) is 0 Å². The van der Waals surface area contributed by atoms with Crippen LogP contribution in [0.5, 0.6) is 0 Å². The van der Waals surface area contributed by atoms with Gasteiger partial charge in [0.1, 0.15) is 0 Å². The van der Waals surface area contributed by atoms with E-state index < -0.39 is 5.97 Å². The Labute approximate surface area is 127 Å². The molecule has 2 amide bonds. The summed E-state index contributed by atoms with van der Waals surface area (Å²) in [6.45, 7) is 5.28. The van der Waals surface area contributed by atoms with Crippen molar-refractivity contribution in [3.05, 3.63) is 28.2 Å². The number of para-hydroxylation sites is 1. The highest BCUT2D eigenvalue weighted by Crippen LogP contribution is 2.26. The van der Waals surface area contributed by atoms with Gasteiger partial charge in [-0.25, -0.2) is 9.59 Å². The van der Waals surface area contributed by atoms with Crippen molar-refractivity contribution in [1.29, 1.82) is 0 Å². The van der Waals surface area contributed by atoms with Crippen molar-refractivity contribution in [1.82, 2.24) is 4.90 Å². The van der Waals surface area contributed by atoms with E-state index in [1.807, 2.05) is 13.8 Å². The van der Waals surface area contributed by atoms with E-state index in [1.54, 1.807) is 17.0 Å². The molecule has 0 aliphatic carbocycles. The molecular formula is C14H19BrN2O3. The number of nitrogens with one attached hydrogen (secondary N) is 1. The first-order chi connectivity index (χ1) is 9.51. The van der Waals surface area contributed by atoms with Gasteiger partial charge in [-0.3, -0.25) is 0 Å². The first-order valence-corrected chi connectivity index (χ1v) is 7.38. The number of urea groups is 1. The first kappa shape index (κ1) is 16.5. The molecule has 1 aromatic rings. The molecule has 1 aromatic carbocycles. The van der Waals surface area contributed by atoms with E-state index in [0.29, 0.717) is 23.2 Å². The highest BCUT2D eigenvalue weighted by molar-refractivity contribution is 9.10. The molecule has 0 unspecified atom stereocenters. The summed E-state index contributed by atoms with van der Waals surface area (Å²) >= 11 is 3.27. The van der Waals surface area contributed by atoms with Crippen LogP contribution in [-0.2, 0) is 0 Å². The van der Waals surface area contributed by atoms with Gasteiger partial charge in [-0.05, 0) is 40.9 Å². The van der Waals surface area contributed by atoms with E-state index in [9.17, 15) is 9.59 Å². The molecule has 0 fully saturated rings. The largest absolute Gasteiger partial charge is 0.478 e. The number of amides is 2. The molecule has 0 saturated heterocycles. The van der Waals surface area contributed by atoms with Crippen LogP contribution >= 0.6 is 15.9 Å². The standard InChI is InChI=1S/C14H19BrN2O3/c1-3-8-17(9-4-2)14(20)16-12-10(13(18)19)6-5-7-11(12)15/h5-7H,3-4,8-9H2,1-2H3,(H,16,20)(H,18,19). The first-order valence-electron chi connectivity index (χ1n) is 6.59. The Bertz CT molecular complexity index is 485. The molecule has 2 N–H and O–H groups in total. The van der Waals surface area contributed by atoms with Crippen molar-refractivity contribution in [2.75, 3.05) is 18.4 Å². The third-order valence-corrected chi connectivity index (χ3v) is 3.41. The lowest BCUT2D eigenvalue weighted by Crippen LogP contribution is -2.36. The summed E-state index contributed by atoms with van der Waals surface area (Å²) in [7, 11) is 0. The number of rotatable bonds is 6. The highest BCUT2D eigenvalue weighted by atomic mass is 79.9. The second-order valence-electron chi connectivity index (χ2n) is 4.38. The summed E-state index contributed by atoms with van der Waals surface area (Å²) in [6.07, 6.45) is 1.71. The predicted octanol–water partition coefficient (Wildman–Crippen LogP) is 3.80. The molecule has 0 aliphatic heterocycles. The fourth-order valence-corrected chi connectivity index (χ4v) is 2.34. The van der Waals surface area contributed by atoms with Crippen molar-refractivity contribution in [3.8, 4) is 0 Å². The molecule has 5 nitrogen and oxygen atoms in total. The monoisotopic (exact) mass is 342 g/mol. The Morgan fingerprint density at radius 1 is 1.25 bits per heavy atom. The van der Waals surface area contributed by atoms with Gasteiger partial charge < -0.3 is 15.3 Å². The summed E-state index contributed by atoms with van der Waals surface area (Å²) in [6, 6.07) is 4.51. The summed E-state index contributed by atoms with van der Waals surface area (Å²) in [5.41, 5.74) is 0.364. The molecule has 0 spiro atoms. The Hall–Kier alpha value is -1.56. The number of carbonyl (C=O) groups excluding carboxylic acids is 1. The van der Waals surface area contributed by atoms with Gasteiger partial charge in [-0.15, -0.1) is 0 Å². The number of hydrogen-bond acceptors (Lipinski definition) is 2. The quantitative estimate of drug-likeness (QED) is 0.825. The van der Waals surface area contributed by atoms with Crippen molar-refractivity contribution in [2.45, 2.75) is 26.7 Å². The van der Waals surface area contributed by atoms with Gasteiger partial charge in [0.05, 0.1) is 11.3 Å². The van der Waals surface area contributed by atoms with Crippen molar-refractivity contribution >= 4 is 33.6 Å². The van der Waals surface area contributed by atoms with Crippen LogP contribution in [0.4, 0.5) is 10.5 Å². The molecule has 0 atom stereocenters. The summed E-state index contributed by atoms with van der Waals surface area (Å²) in [5, 5.41) is 11.9. The molecule has 0 heterocycles. The highest BCUT2D eigenvalue weighted by Gasteiger charge is 2.18. The molecule has 1 rings (SSSR count). The summed E-state index contributed by atoms with van der Waals surface area (Å²) in [5.74, 6) is -1.07. The number of aromatic carboxylic acids is 1. The zero-order valence-electron chi connectivity index (χ0n) is 11.6. The van der Waals surface area contributed by atoms with Crippen LogP contribution in [0.1, 0.15) is 37.0 Å². The topological polar surface area (TPSA) is 69.6 Å². The average molecular weight is 343 g/mol. The second kappa shape index (κ2) is 7.89. The minimum atomic E-state index is -1.07. The number of benzene rings is 1. The van der Waals surface area contributed by atoms with Crippen LogP contribution in [0.25, 0.3) is 0 Å². The van der Waals surface area contributed by atoms with E-state index in [-0.39, 0.29) is 11.6 Å². The van der Waals surface area contributed by atoms with Gasteiger partial charge in [-0.2, -0.15) is 0 Å². The van der Waals surface area contributed by atoms with Gasteiger partial charge in [-0.1, -0.05) is 19.9 Å². The van der Waals surface area contributed by atoms with Crippen LogP contribution in [-0.4, -0.2) is 35.1 Å². The molecule has 0 aromatic heterocycles. The van der Waals surface area contributed by atoms with E-state index >= 15 is 0 Å². The Balaban J connectivity index is 2.97. The molecule has 110 valence electrons. The Kier molecular flexibility index (Phi) is 6.51. The number of halogens is 1. The van der Waals surface area contributed by atoms with Gasteiger partial charge >= 0.3 is 12.0 Å². The number of hydrogen-bond donors (Lipinski definition) is 2. The van der Waals surface area contributed by atoms with E-state index in [0.717, 1.165) is 12.8 Å². The second-order valence-corrected chi connectivity index (χ2v) is 5.24. The Morgan fingerprint density at radius 3 is 2.35 bits per heavy atom. The van der Waals surface area contributed by atoms with Crippen molar-refractivity contribution in [3.63, 3.8) is 0 Å². The number of carboxylic acid groups (broad SMARTS) is 1. The predicted molar refractivity (Wildman–Crippen MR) is 82.3 cm³/mol. The third-order valence-electron chi connectivity index (χ3n) is 2.75. The maximum Gasteiger partial charge on any atom is 0.337 e. The fourth-order valence-electron chi connectivity index (χ4n) is 1.87. The molecule has 0 saturated carbocycles. The van der Waals surface area contributed by atoms with Crippen LogP contribution in [0.3, 0.4) is 0 Å². The summed E-state index contributed by atoms with van der Waals surface area (Å²) in [4.78, 5) is 25.1. The molecule has 20 heavy (non-hydrogen) atoms. The lowest BCUT2D eigenvalue weighted by Gasteiger charge is -2.22. The van der Waals surface area contributed by atoms with Crippen LogP contribution in [0.15, 0.2) is 22.7 Å². The normalized spacial score (nSPS) is 10.2. The van der Waals surface area contributed by atoms with Crippen LogP contribution < -0.4 is 5.32 Å². The van der Waals surface area contributed by atoms with Crippen LogP contribution in [0.2, 0.25) is 0 Å². The molecule has 0 bridgehead atoms. The van der Waals surface area contributed by atoms with E-state index in [2.05, 4.69) is 21.2 Å². The third kappa shape index (κ3) is 4.23. The van der Waals surface area contributed by atoms with Crippen molar-refractivity contribution < 1.29 is 14.7 Å². The molecule has 0 aliphatic rings. The average Bonchev–Trinajstić information content (AvgIpc) is 2.40. The van der Waals surface area contributed by atoms with E-state index in [1.165, 1.54) is 6.07 Å². The molecule has 6 heteroatoms. The number of nitrogens with zero attached hydrogens (tertiary/aromatic N) is 1.